The highest BCUT2D eigenvalue weighted by Crippen LogP contribution is 2.35. The summed E-state index contributed by atoms with van der Waals surface area (Å²) in [5, 5.41) is 4.93. The minimum absolute atomic E-state index is 0.401. The van der Waals surface area contributed by atoms with Crippen LogP contribution >= 0.6 is 0 Å². The van der Waals surface area contributed by atoms with Crippen LogP contribution in [0.1, 0.15) is 24.8 Å². The maximum Gasteiger partial charge on any atom is 0.0454 e. The summed E-state index contributed by atoms with van der Waals surface area (Å²) in [4.78, 5) is 5.62. The van der Waals surface area contributed by atoms with Crippen LogP contribution in [0.5, 0.6) is 0 Å². The van der Waals surface area contributed by atoms with Gasteiger partial charge in [0, 0.05) is 30.3 Å². The third kappa shape index (κ3) is 2.40. The van der Waals surface area contributed by atoms with Crippen molar-refractivity contribution in [3.63, 3.8) is 0 Å². The lowest BCUT2D eigenvalue weighted by molar-refractivity contribution is 0.0598. The molecule has 1 aromatic heterocycles. The van der Waals surface area contributed by atoms with E-state index >= 15 is 0 Å². The second-order valence-corrected chi connectivity index (χ2v) is 5.98. The predicted molar refractivity (Wildman–Crippen MR) is 80.3 cm³/mol. The first-order chi connectivity index (χ1) is 9.20. The molecule has 102 valence electrons. The van der Waals surface area contributed by atoms with Crippen molar-refractivity contribution in [1.82, 2.24) is 15.2 Å². The molecule has 1 aliphatic rings. The highest BCUT2D eigenvalue weighted by molar-refractivity contribution is 5.79. The summed E-state index contributed by atoms with van der Waals surface area (Å²) in [5.41, 5.74) is 2.98. The van der Waals surface area contributed by atoms with Crippen molar-refractivity contribution in [1.29, 1.82) is 0 Å². The summed E-state index contributed by atoms with van der Waals surface area (Å²) in [5.74, 6) is 0. The van der Waals surface area contributed by atoms with Crippen molar-refractivity contribution < 1.29 is 0 Å². The van der Waals surface area contributed by atoms with Gasteiger partial charge in [-0.3, -0.25) is 0 Å². The van der Waals surface area contributed by atoms with Crippen LogP contribution in [0, 0.1) is 0 Å². The molecule has 1 saturated carbocycles. The van der Waals surface area contributed by atoms with Crippen LogP contribution in [-0.2, 0) is 6.54 Å². The van der Waals surface area contributed by atoms with Gasteiger partial charge in [0.2, 0.25) is 0 Å². The maximum atomic E-state index is 3.63. The van der Waals surface area contributed by atoms with E-state index in [1.165, 1.54) is 35.7 Å². The fraction of sp³-hybridized carbons (Fsp3) is 0.500. The molecule has 0 bridgehead atoms. The third-order valence-corrected chi connectivity index (χ3v) is 4.63. The van der Waals surface area contributed by atoms with Gasteiger partial charge >= 0.3 is 0 Å². The van der Waals surface area contributed by atoms with Gasteiger partial charge in [-0.1, -0.05) is 6.07 Å². The van der Waals surface area contributed by atoms with E-state index in [9.17, 15) is 0 Å². The first-order valence-corrected chi connectivity index (χ1v) is 7.14. The number of fused-ring (bicyclic) bond motifs is 1. The summed E-state index contributed by atoms with van der Waals surface area (Å²) in [6, 6.07) is 8.76. The highest BCUT2D eigenvalue weighted by Gasteiger charge is 2.38. The van der Waals surface area contributed by atoms with Crippen molar-refractivity contribution in [3.8, 4) is 0 Å². The van der Waals surface area contributed by atoms with E-state index in [-0.39, 0.29) is 0 Å². The Morgan fingerprint density at radius 2 is 2.11 bits per heavy atom. The zero-order chi connectivity index (χ0) is 13.3. The second kappa shape index (κ2) is 4.99. The van der Waals surface area contributed by atoms with Crippen LogP contribution in [0.2, 0.25) is 0 Å². The van der Waals surface area contributed by atoms with Crippen LogP contribution in [0.3, 0.4) is 0 Å². The monoisotopic (exact) mass is 257 g/mol. The Balaban J connectivity index is 1.60. The van der Waals surface area contributed by atoms with Gasteiger partial charge in [0.25, 0.3) is 0 Å². The lowest BCUT2D eigenvalue weighted by Gasteiger charge is -2.47. The molecule has 1 heterocycles. The second-order valence-electron chi connectivity index (χ2n) is 5.98. The molecule has 0 atom stereocenters. The smallest absolute Gasteiger partial charge is 0.0454 e. The number of nitrogens with zero attached hydrogens (tertiary/aromatic N) is 1. The Kier molecular flexibility index (Phi) is 3.33. The number of hydrogen-bond acceptors (Lipinski definition) is 2. The Morgan fingerprint density at radius 3 is 2.79 bits per heavy atom. The van der Waals surface area contributed by atoms with E-state index in [2.05, 4.69) is 53.6 Å². The van der Waals surface area contributed by atoms with Crippen LogP contribution in [0.25, 0.3) is 10.9 Å². The van der Waals surface area contributed by atoms with E-state index in [0.717, 1.165) is 13.1 Å². The molecule has 1 aliphatic carbocycles. The Hall–Kier alpha value is -1.32. The number of benzene rings is 1. The van der Waals surface area contributed by atoms with Crippen LogP contribution in [0.4, 0.5) is 0 Å². The molecule has 3 heteroatoms. The summed E-state index contributed by atoms with van der Waals surface area (Å²) >= 11 is 0. The lowest BCUT2D eigenvalue weighted by atomic mass is 9.75. The fourth-order valence-corrected chi connectivity index (χ4v) is 3.02. The molecule has 0 saturated heterocycles. The molecule has 2 N–H and O–H groups in total. The van der Waals surface area contributed by atoms with Crippen molar-refractivity contribution >= 4 is 10.9 Å². The average Bonchev–Trinajstić information content (AvgIpc) is 2.79. The van der Waals surface area contributed by atoms with Crippen LogP contribution < -0.4 is 5.32 Å². The summed E-state index contributed by atoms with van der Waals surface area (Å²) in [6.45, 7) is 2.04. The summed E-state index contributed by atoms with van der Waals surface area (Å²) in [6.07, 6.45) is 6.01. The lowest BCUT2D eigenvalue weighted by Crippen LogP contribution is -2.56. The number of aromatic nitrogens is 1. The number of rotatable bonds is 5. The molecule has 0 amide bonds. The molecule has 2 aromatic rings. The van der Waals surface area contributed by atoms with Gasteiger partial charge in [0.15, 0.2) is 0 Å². The summed E-state index contributed by atoms with van der Waals surface area (Å²) in [7, 11) is 4.40. The topological polar surface area (TPSA) is 31.1 Å². The molecule has 3 rings (SSSR count). The van der Waals surface area contributed by atoms with E-state index in [1.807, 2.05) is 6.20 Å². The molecule has 1 aromatic carbocycles. The van der Waals surface area contributed by atoms with Gasteiger partial charge in [-0.05, 0) is 62.5 Å². The molecule has 0 aliphatic heterocycles. The third-order valence-electron chi connectivity index (χ3n) is 4.63. The van der Waals surface area contributed by atoms with E-state index in [4.69, 9.17) is 0 Å². The normalized spacial score (nSPS) is 17.8. The molecule has 3 nitrogen and oxygen atoms in total. The van der Waals surface area contributed by atoms with Crippen LogP contribution in [-0.4, -0.2) is 36.1 Å². The minimum Gasteiger partial charge on any atom is -0.361 e. The minimum atomic E-state index is 0.401. The van der Waals surface area contributed by atoms with Crippen molar-refractivity contribution in [3.05, 3.63) is 36.0 Å². The van der Waals surface area contributed by atoms with Gasteiger partial charge in [0.05, 0.1) is 0 Å². The van der Waals surface area contributed by atoms with Gasteiger partial charge in [-0.25, -0.2) is 0 Å². The van der Waals surface area contributed by atoms with Crippen molar-refractivity contribution in [2.24, 2.45) is 0 Å². The number of likely N-dealkylation sites (N-methyl/N-ethyl adjacent to an activating group) is 1. The molecule has 0 spiro atoms. The Morgan fingerprint density at radius 1 is 1.26 bits per heavy atom. The number of H-pyrrole nitrogens is 1. The Labute approximate surface area is 115 Å². The number of nitrogens with one attached hydrogen (secondary N) is 2. The summed E-state index contributed by atoms with van der Waals surface area (Å²) < 4.78 is 0. The SMILES string of the molecule is CN(C)C1(CNCc2ccc3[nH]ccc3c2)CCC1. The van der Waals surface area contributed by atoms with Crippen molar-refractivity contribution in [2.45, 2.75) is 31.3 Å². The van der Waals surface area contributed by atoms with E-state index < -0.39 is 0 Å². The molecule has 19 heavy (non-hydrogen) atoms. The first kappa shape index (κ1) is 12.7. The molecule has 0 unspecified atom stereocenters. The quantitative estimate of drug-likeness (QED) is 0.863. The zero-order valence-electron chi connectivity index (χ0n) is 11.9. The largest absolute Gasteiger partial charge is 0.361 e. The molecule has 0 radical (unpaired) electrons. The van der Waals surface area contributed by atoms with Gasteiger partial charge in [-0.15, -0.1) is 0 Å². The fourth-order valence-electron chi connectivity index (χ4n) is 3.02. The van der Waals surface area contributed by atoms with Crippen LogP contribution in [0.15, 0.2) is 30.5 Å². The number of hydrogen-bond donors (Lipinski definition) is 2. The first-order valence-electron chi connectivity index (χ1n) is 7.14. The molecular weight excluding hydrogens is 234 g/mol. The average molecular weight is 257 g/mol. The molecule has 1 fully saturated rings. The highest BCUT2D eigenvalue weighted by atomic mass is 15.2. The Bertz CT molecular complexity index is 552. The number of aromatic amines is 1. The molecular formula is C16H23N3. The van der Waals surface area contributed by atoms with Crippen molar-refractivity contribution in [2.75, 3.05) is 20.6 Å². The standard InChI is InChI=1S/C16H23N3/c1-19(2)16(7-3-8-16)12-17-11-13-4-5-15-14(10-13)6-9-18-15/h4-6,9-10,17-18H,3,7-8,11-12H2,1-2H3. The van der Waals surface area contributed by atoms with Gasteiger partial charge in [-0.2, -0.15) is 0 Å². The van der Waals surface area contributed by atoms with E-state index in [1.54, 1.807) is 0 Å². The maximum absolute atomic E-state index is 3.63. The van der Waals surface area contributed by atoms with Gasteiger partial charge < -0.3 is 15.2 Å². The zero-order valence-corrected chi connectivity index (χ0v) is 11.9. The van der Waals surface area contributed by atoms with Gasteiger partial charge in [0.1, 0.15) is 0 Å². The predicted octanol–water partition coefficient (Wildman–Crippen LogP) is 2.74. The van der Waals surface area contributed by atoms with E-state index in [0.29, 0.717) is 5.54 Å².